The zero-order chi connectivity index (χ0) is 17.3. The van der Waals surface area contributed by atoms with E-state index in [-0.39, 0.29) is 23.7 Å². The highest BCUT2D eigenvalue weighted by Gasteiger charge is 2.30. The van der Waals surface area contributed by atoms with Crippen LogP contribution in [0.1, 0.15) is 24.0 Å². The van der Waals surface area contributed by atoms with Crippen molar-refractivity contribution in [3.63, 3.8) is 0 Å². The lowest BCUT2D eigenvalue weighted by atomic mass is 10.1. The first-order valence-corrected chi connectivity index (χ1v) is 9.34. The van der Waals surface area contributed by atoms with Crippen molar-refractivity contribution in [2.75, 3.05) is 20.2 Å². The summed E-state index contributed by atoms with van der Waals surface area (Å²) >= 11 is 0. The van der Waals surface area contributed by atoms with Crippen molar-refractivity contribution in [1.29, 1.82) is 0 Å². The normalized spacial score (nSPS) is 21.8. The maximum absolute atomic E-state index is 11.8. The van der Waals surface area contributed by atoms with Gasteiger partial charge in [-0.05, 0) is 24.5 Å². The molecule has 1 fully saturated rings. The lowest BCUT2D eigenvalue weighted by Gasteiger charge is -2.25. The van der Waals surface area contributed by atoms with Crippen LogP contribution in [0.15, 0.2) is 22.6 Å². The second-order valence-corrected chi connectivity index (χ2v) is 7.48. The summed E-state index contributed by atoms with van der Waals surface area (Å²) in [4.78, 5) is 13.6. The highest BCUT2D eigenvalue weighted by molar-refractivity contribution is 7.89. The molecule has 0 radical (unpaired) electrons. The Morgan fingerprint density at radius 2 is 2.29 bits per heavy atom. The molecule has 0 unspecified atom stereocenters. The van der Waals surface area contributed by atoms with Crippen molar-refractivity contribution >= 4 is 21.9 Å². The van der Waals surface area contributed by atoms with Gasteiger partial charge in [0.05, 0.1) is 17.4 Å². The van der Waals surface area contributed by atoms with Crippen LogP contribution in [0.2, 0.25) is 0 Å². The van der Waals surface area contributed by atoms with E-state index < -0.39 is 10.0 Å². The maximum atomic E-state index is 11.8. The molecule has 1 atom stereocenters. The largest absolute Gasteiger partial charge is 0.491 e. The predicted octanol–water partition coefficient (Wildman–Crippen LogP) is 0.418. The molecular weight excluding hydrogens is 332 g/mol. The van der Waals surface area contributed by atoms with Crippen LogP contribution in [0.4, 0.5) is 4.79 Å². The Balaban J connectivity index is 1.79. The quantitative estimate of drug-likeness (QED) is 0.818. The molecule has 3 N–H and O–H groups in total. The molecule has 3 rings (SSSR count). The van der Waals surface area contributed by atoms with Crippen molar-refractivity contribution < 1.29 is 17.9 Å². The van der Waals surface area contributed by atoms with E-state index in [1.165, 1.54) is 0 Å². The van der Waals surface area contributed by atoms with Crippen molar-refractivity contribution in [1.82, 2.24) is 10.2 Å². The van der Waals surface area contributed by atoms with Crippen LogP contribution in [0.3, 0.4) is 0 Å². The van der Waals surface area contributed by atoms with E-state index >= 15 is 0 Å². The third-order valence-electron chi connectivity index (χ3n) is 4.23. The number of rotatable bonds is 3. The number of benzene rings is 1. The molecule has 0 aromatic heterocycles. The van der Waals surface area contributed by atoms with Crippen LogP contribution in [-0.4, -0.2) is 51.4 Å². The Morgan fingerprint density at radius 1 is 1.50 bits per heavy atom. The standard InChI is InChI=1S/C15H20N4O4S/c1-17-15(20)19-7-3-5-11(19)8-23-12-6-2-4-10-9-24(21,22)18-14(16)13(10)12/h2,4,6,11H,3,5,7-9H2,1H3,(H2,16,18)(H,17,20)/t11-/m1/s1. The minimum atomic E-state index is -3.57. The van der Waals surface area contributed by atoms with Crippen LogP contribution in [-0.2, 0) is 15.8 Å². The van der Waals surface area contributed by atoms with Gasteiger partial charge < -0.3 is 20.7 Å². The molecule has 130 valence electrons. The summed E-state index contributed by atoms with van der Waals surface area (Å²) in [7, 11) is -1.97. The van der Waals surface area contributed by atoms with Gasteiger partial charge in [0.1, 0.15) is 18.2 Å². The summed E-state index contributed by atoms with van der Waals surface area (Å²) in [6.07, 6.45) is 1.79. The van der Waals surface area contributed by atoms with Gasteiger partial charge in [0.25, 0.3) is 10.0 Å². The fourth-order valence-corrected chi connectivity index (χ4v) is 4.23. The monoisotopic (exact) mass is 352 g/mol. The number of urea groups is 1. The van der Waals surface area contributed by atoms with Gasteiger partial charge in [0.15, 0.2) is 0 Å². The Labute approximate surface area is 140 Å². The summed E-state index contributed by atoms with van der Waals surface area (Å²) in [6.45, 7) is 1.02. The van der Waals surface area contributed by atoms with Crippen molar-refractivity contribution in [2.45, 2.75) is 24.6 Å². The van der Waals surface area contributed by atoms with Gasteiger partial charge >= 0.3 is 6.03 Å². The summed E-state index contributed by atoms with van der Waals surface area (Å²) in [5.74, 6) is 0.252. The minimum Gasteiger partial charge on any atom is -0.491 e. The van der Waals surface area contributed by atoms with E-state index in [0.29, 0.717) is 30.0 Å². The van der Waals surface area contributed by atoms with Crippen molar-refractivity contribution in [3.05, 3.63) is 29.3 Å². The number of carbonyl (C=O) groups is 1. The first-order valence-electron chi connectivity index (χ1n) is 7.73. The van der Waals surface area contributed by atoms with Crippen LogP contribution < -0.4 is 15.8 Å². The van der Waals surface area contributed by atoms with Crippen LogP contribution in [0.25, 0.3) is 0 Å². The minimum absolute atomic E-state index is 0.0220. The predicted molar refractivity (Wildman–Crippen MR) is 89.5 cm³/mol. The first-order chi connectivity index (χ1) is 11.4. The lowest BCUT2D eigenvalue weighted by Crippen LogP contribution is -2.43. The molecule has 8 nitrogen and oxygen atoms in total. The number of nitrogens with two attached hydrogens (primary N) is 1. The first kappa shape index (κ1) is 16.6. The smallest absolute Gasteiger partial charge is 0.317 e. The Morgan fingerprint density at radius 3 is 3.04 bits per heavy atom. The lowest BCUT2D eigenvalue weighted by molar-refractivity contribution is 0.167. The molecule has 1 aromatic carbocycles. The number of nitrogens with zero attached hydrogens (tertiary/aromatic N) is 2. The zero-order valence-electron chi connectivity index (χ0n) is 13.4. The average molecular weight is 352 g/mol. The molecule has 1 aromatic rings. The van der Waals surface area contributed by atoms with E-state index in [1.807, 2.05) is 0 Å². The number of likely N-dealkylation sites (tertiary alicyclic amines) is 1. The maximum Gasteiger partial charge on any atom is 0.317 e. The Hall–Kier alpha value is -2.29. The van der Waals surface area contributed by atoms with Gasteiger partial charge in [-0.3, -0.25) is 0 Å². The molecule has 2 heterocycles. The number of fused-ring (bicyclic) bond motifs is 1. The number of ether oxygens (including phenoxy) is 1. The number of amides is 2. The summed E-state index contributed by atoms with van der Waals surface area (Å²) in [6, 6.07) is 5.02. The SMILES string of the molecule is CNC(=O)N1CCC[C@@H]1COc1cccc2c1C(N)=NS(=O)(=O)C2. The Kier molecular flexibility index (Phi) is 4.35. The third-order valence-corrected chi connectivity index (χ3v) is 5.38. The molecule has 1 saturated heterocycles. The van der Waals surface area contributed by atoms with Crippen LogP contribution >= 0.6 is 0 Å². The van der Waals surface area contributed by atoms with E-state index in [1.54, 1.807) is 30.1 Å². The molecule has 0 aliphatic carbocycles. The molecule has 9 heteroatoms. The molecule has 2 aliphatic rings. The van der Waals surface area contributed by atoms with Crippen LogP contribution in [0, 0.1) is 0 Å². The van der Waals surface area contributed by atoms with E-state index in [9.17, 15) is 13.2 Å². The molecule has 2 aliphatic heterocycles. The topological polar surface area (TPSA) is 114 Å². The molecule has 0 saturated carbocycles. The van der Waals surface area contributed by atoms with Crippen LogP contribution in [0.5, 0.6) is 5.75 Å². The zero-order valence-corrected chi connectivity index (χ0v) is 14.2. The average Bonchev–Trinajstić information content (AvgIpc) is 2.99. The molecule has 24 heavy (non-hydrogen) atoms. The number of sulfonamides is 1. The van der Waals surface area contributed by atoms with Gasteiger partial charge in [-0.15, -0.1) is 4.40 Å². The van der Waals surface area contributed by atoms with Crippen molar-refractivity contribution in [3.8, 4) is 5.75 Å². The number of hydrogen-bond acceptors (Lipinski definition) is 5. The second-order valence-electron chi connectivity index (χ2n) is 5.85. The fraction of sp³-hybridized carbons (Fsp3) is 0.467. The van der Waals surface area contributed by atoms with Gasteiger partial charge in [-0.25, -0.2) is 13.2 Å². The molecule has 0 bridgehead atoms. The number of carbonyl (C=O) groups excluding carboxylic acids is 1. The second kappa shape index (κ2) is 6.31. The summed E-state index contributed by atoms with van der Waals surface area (Å²) in [5, 5.41) is 2.63. The third kappa shape index (κ3) is 3.16. The van der Waals surface area contributed by atoms with Gasteiger partial charge in [0.2, 0.25) is 0 Å². The number of nitrogens with one attached hydrogen (secondary N) is 1. The van der Waals surface area contributed by atoms with Gasteiger partial charge in [-0.2, -0.15) is 0 Å². The fourth-order valence-electron chi connectivity index (χ4n) is 3.14. The summed E-state index contributed by atoms with van der Waals surface area (Å²) in [5.41, 5.74) is 6.92. The van der Waals surface area contributed by atoms with E-state index in [2.05, 4.69) is 9.71 Å². The van der Waals surface area contributed by atoms with E-state index in [4.69, 9.17) is 10.5 Å². The Bertz CT molecular complexity index is 791. The number of amidine groups is 1. The summed E-state index contributed by atoms with van der Waals surface area (Å²) < 4.78 is 32.8. The van der Waals surface area contributed by atoms with Gasteiger partial charge in [-0.1, -0.05) is 12.1 Å². The molecule has 2 amide bonds. The van der Waals surface area contributed by atoms with E-state index in [0.717, 1.165) is 12.8 Å². The highest BCUT2D eigenvalue weighted by atomic mass is 32.2. The van der Waals surface area contributed by atoms with Crippen molar-refractivity contribution in [2.24, 2.45) is 10.1 Å². The highest BCUT2D eigenvalue weighted by Crippen LogP contribution is 2.29. The van der Waals surface area contributed by atoms with Gasteiger partial charge in [0, 0.05) is 13.6 Å². The molecular formula is C15H20N4O4S. The number of hydrogen-bond donors (Lipinski definition) is 2. The molecule has 0 spiro atoms.